The van der Waals surface area contributed by atoms with Crippen molar-refractivity contribution in [2.24, 2.45) is 5.73 Å². The molecule has 0 aromatic carbocycles. The van der Waals surface area contributed by atoms with Crippen LogP contribution in [0.25, 0.3) is 0 Å². The van der Waals surface area contributed by atoms with Gasteiger partial charge in [0.1, 0.15) is 6.04 Å². The Labute approximate surface area is 94.0 Å². The summed E-state index contributed by atoms with van der Waals surface area (Å²) in [6.07, 6.45) is -0.0402. The van der Waals surface area contributed by atoms with E-state index in [9.17, 15) is 14.4 Å². The SMILES string of the molecule is CC(=O)N[C@@H](CCC(N)=O)C(=O)O.[Zn]. The molecule has 0 aliphatic rings. The van der Waals surface area contributed by atoms with Gasteiger partial charge < -0.3 is 16.2 Å². The van der Waals surface area contributed by atoms with Gasteiger partial charge in [-0.3, -0.25) is 9.59 Å². The van der Waals surface area contributed by atoms with Crippen molar-refractivity contribution >= 4 is 17.8 Å². The van der Waals surface area contributed by atoms with Gasteiger partial charge in [-0.15, -0.1) is 0 Å². The predicted octanol–water partition coefficient (Wildman–Crippen LogP) is -1.16. The average molecular weight is 254 g/mol. The van der Waals surface area contributed by atoms with Gasteiger partial charge in [0.15, 0.2) is 0 Å². The van der Waals surface area contributed by atoms with Crippen molar-refractivity contribution in [2.45, 2.75) is 25.8 Å². The van der Waals surface area contributed by atoms with Crippen LogP contribution in [0, 0.1) is 0 Å². The molecule has 0 saturated heterocycles. The zero-order valence-corrected chi connectivity index (χ0v) is 10.9. The third-order valence-electron chi connectivity index (χ3n) is 1.36. The smallest absolute Gasteiger partial charge is 0.326 e. The first kappa shape index (κ1) is 15.5. The van der Waals surface area contributed by atoms with Gasteiger partial charge in [0, 0.05) is 32.8 Å². The zero-order valence-electron chi connectivity index (χ0n) is 7.95. The minimum absolute atomic E-state index is 0. The van der Waals surface area contributed by atoms with Crippen LogP contribution in [0.3, 0.4) is 0 Å². The van der Waals surface area contributed by atoms with Crippen LogP contribution < -0.4 is 11.1 Å². The van der Waals surface area contributed by atoms with Gasteiger partial charge in [-0.25, -0.2) is 4.79 Å². The number of nitrogens with one attached hydrogen (secondary N) is 1. The molecule has 0 fully saturated rings. The first-order chi connectivity index (χ1) is 5.93. The summed E-state index contributed by atoms with van der Waals surface area (Å²) in [7, 11) is 0. The zero-order chi connectivity index (χ0) is 10.4. The number of rotatable bonds is 5. The number of nitrogens with two attached hydrogens (primary N) is 1. The van der Waals surface area contributed by atoms with Crippen molar-refractivity contribution < 1.29 is 39.0 Å². The summed E-state index contributed by atoms with van der Waals surface area (Å²) in [5, 5.41) is 10.8. The largest absolute Gasteiger partial charge is 0.480 e. The molecule has 7 heteroatoms. The van der Waals surface area contributed by atoms with Gasteiger partial charge in [-0.05, 0) is 6.42 Å². The summed E-state index contributed by atoms with van der Waals surface area (Å²) < 4.78 is 0. The Hall–Kier alpha value is -0.967. The molecule has 0 aliphatic heterocycles. The van der Waals surface area contributed by atoms with E-state index in [4.69, 9.17) is 10.8 Å². The molecule has 1 atom stereocenters. The van der Waals surface area contributed by atoms with E-state index in [0.29, 0.717) is 0 Å². The second-order valence-electron chi connectivity index (χ2n) is 2.60. The van der Waals surface area contributed by atoms with E-state index in [2.05, 4.69) is 5.32 Å². The van der Waals surface area contributed by atoms with Crippen LogP contribution in [0.4, 0.5) is 0 Å². The van der Waals surface area contributed by atoms with E-state index in [0.717, 1.165) is 0 Å². The molecule has 6 nitrogen and oxygen atoms in total. The van der Waals surface area contributed by atoms with Crippen molar-refractivity contribution in [1.29, 1.82) is 0 Å². The molecule has 14 heavy (non-hydrogen) atoms. The molecule has 4 N–H and O–H groups in total. The second-order valence-corrected chi connectivity index (χ2v) is 2.60. The van der Waals surface area contributed by atoms with Gasteiger partial charge in [0.2, 0.25) is 11.8 Å². The van der Waals surface area contributed by atoms with Crippen molar-refractivity contribution in [3.05, 3.63) is 0 Å². The topological polar surface area (TPSA) is 109 Å². The van der Waals surface area contributed by atoms with Crippen LogP contribution in [0.15, 0.2) is 0 Å². The van der Waals surface area contributed by atoms with Gasteiger partial charge in [-0.2, -0.15) is 0 Å². The molecular weight excluding hydrogens is 241 g/mol. The normalized spacial score (nSPS) is 10.9. The number of primary amides is 1. The Morgan fingerprint density at radius 3 is 2.21 bits per heavy atom. The van der Waals surface area contributed by atoms with Crippen LogP contribution in [0.1, 0.15) is 19.8 Å². The van der Waals surface area contributed by atoms with Gasteiger partial charge in [0.05, 0.1) is 0 Å². The number of hydrogen-bond acceptors (Lipinski definition) is 3. The summed E-state index contributed by atoms with van der Waals surface area (Å²) in [6, 6.07) is -1.04. The Balaban J connectivity index is 0. The first-order valence-electron chi connectivity index (χ1n) is 3.71. The molecular formula is C7H12N2O4Zn. The van der Waals surface area contributed by atoms with Crippen LogP contribution in [-0.2, 0) is 33.9 Å². The minimum atomic E-state index is -1.17. The standard InChI is InChI=1S/C7H12N2O4.Zn/c1-4(10)9-5(7(12)13)2-3-6(8)11;/h5H,2-3H2,1H3,(H2,8,11)(H,9,10)(H,12,13);/t5-;/m0./s1. The Morgan fingerprint density at radius 2 is 1.93 bits per heavy atom. The molecule has 0 aliphatic carbocycles. The number of carboxylic acid groups (broad SMARTS) is 1. The van der Waals surface area contributed by atoms with Crippen LogP contribution in [0.5, 0.6) is 0 Å². The molecule has 0 saturated carbocycles. The predicted molar refractivity (Wildman–Crippen MR) is 43.7 cm³/mol. The number of aliphatic carboxylic acids is 1. The van der Waals surface area contributed by atoms with E-state index in [1.807, 2.05) is 0 Å². The van der Waals surface area contributed by atoms with Crippen molar-refractivity contribution in [3.8, 4) is 0 Å². The summed E-state index contributed by atoms with van der Waals surface area (Å²) in [6.45, 7) is 1.21. The van der Waals surface area contributed by atoms with Crippen LogP contribution >= 0.6 is 0 Å². The van der Waals surface area contributed by atoms with Crippen LogP contribution in [-0.4, -0.2) is 28.9 Å². The Morgan fingerprint density at radius 1 is 1.43 bits per heavy atom. The summed E-state index contributed by atoms with van der Waals surface area (Å²) in [5.74, 6) is -2.20. The van der Waals surface area contributed by atoms with Gasteiger partial charge in [-0.1, -0.05) is 0 Å². The number of carbonyl (C=O) groups excluding carboxylic acids is 2. The Bertz CT molecular complexity index is 232. The Kier molecular flexibility index (Phi) is 8.24. The summed E-state index contributed by atoms with van der Waals surface area (Å²) >= 11 is 0. The third-order valence-corrected chi connectivity index (χ3v) is 1.36. The fourth-order valence-electron chi connectivity index (χ4n) is 0.789. The molecule has 0 rings (SSSR count). The maximum absolute atomic E-state index is 10.5. The monoisotopic (exact) mass is 252 g/mol. The fraction of sp³-hybridized carbons (Fsp3) is 0.571. The van der Waals surface area contributed by atoms with E-state index in [1.165, 1.54) is 6.92 Å². The number of carbonyl (C=O) groups is 3. The van der Waals surface area contributed by atoms with Crippen molar-refractivity contribution in [1.82, 2.24) is 5.32 Å². The third kappa shape index (κ3) is 7.67. The molecule has 0 aromatic heterocycles. The van der Waals surface area contributed by atoms with Crippen molar-refractivity contribution in [2.75, 3.05) is 0 Å². The molecule has 0 spiro atoms. The molecule has 76 valence electrons. The quantitative estimate of drug-likeness (QED) is 0.537. The molecule has 0 unspecified atom stereocenters. The van der Waals surface area contributed by atoms with Gasteiger partial charge in [0.25, 0.3) is 0 Å². The second kappa shape index (κ2) is 7.44. The number of hydrogen-bond donors (Lipinski definition) is 3. The molecule has 2 amide bonds. The molecule has 0 radical (unpaired) electrons. The maximum atomic E-state index is 10.5. The fourth-order valence-corrected chi connectivity index (χ4v) is 0.789. The van der Waals surface area contributed by atoms with E-state index < -0.39 is 23.8 Å². The van der Waals surface area contributed by atoms with Crippen LogP contribution in [0.2, 0.25) is 0 Å². The maximum Gasteiger partial charge on any atom is 0.326 e. The molecule has 0 aromatic rings. The van der Waals surface area contributed by atoms with E-state index in [-0.39, 0.29) is 32.3 Å². The first-order valence-corrected chi connectivity index (χ1v) is 3.71. The minimum Gasteiger partial charge on any atom is -0.480 e. The number of amides is 2. The number of carboxylic acids is 1. The van der Waals surface area contributed by atoms with Crippen molar-refractivity contribution in [3.63, 3.8) is 0 Å². The van der Waals surface area contributed by atoms with Gasteiger partial charge >= 0.3 is 5.97 Å². The molecule has 0 bridgehead atoms. The van der Waals surface area contributed by atoms with E-state index >= 15 is 0 Å². The molecule has 0 heterocycles. The average Bonchev–Trinajstić information content (AvgIpc) is 1.96. The van der Waals surface area contributed by atoms with E-state index in [1.54, 1.807) is 0 Å². The summed E-state index contributed by atoms with van der Waals surface area (Å²) in [5.41, 5.74) is 4.83. The summed E-state index contributed by atoms with van der Waals surface area (Å²) in [4.78, 5) is 31.3.